The zero-order valence-electron chi connectivity index (χ0n) is 17.2. The van der Waals surface area contributed by atoms with E-state index in [9.17, 15) is 13.2 Å². The van der Waals surface area contributed by atoms with Crippen molar-refractivity contribution in [2.45, 2.75) is 24.8 Å². The second-order valence-corrected chi connectivity index (χ2v) is 8.90. The molecule has 1 amide bonds. The van der Waals surface area contributed by atoms with Gasteiger partial charge in [0.25, 0.3) is 15.9 Å². The van der Waals surface area contributed by atoms with Gasteiger partial charge in [-0.3, -0.25) is 4.79 Å². The van der Waals surface area contributed by atoms with Crippen LogP contribution in [0.15, 0.2) is 59.6 Å². The van der Waals surface area contributed by atoms with E-state index in [0.717, 1.165) is 13.0 Å². The van der Waals surface area contributed by atoms with Gasteiger partial charge in [-0.15, -0.1) is 0 Å². The van der Waals surface area contributed by atoms with Crippen molar-refractivity contribution in [3.8, 4) is 5.75 Å². The zero-order chi connectivity index (χ0) is 22.0. The van der Waals surface area contributed by atoms with Crippen LogP contribution in [0.5, 0.6) is 5.75 Å². The predicted octanol–water partition coefficient (Wildman–Crippen LogP) is 2.48. The molecular formula is C22H22N4O4S. The van der Waals surface area contributed by atoms with Crippen molar-refractivity contribution >= 4 is 21.9 Å². The van der Waals surface area contributed by atoms with Crippen molar-refractivity contribution in [1.29, 1.82) is 0 Å². The summed E-state index contributed by atoms with van der Waals surface area (Å²) in [6.45, 7) is 3.12. The zero-order valence-corrected chi connectivity index (χ0v) is 18.0. The third-order valence-electron chi connectivity index (χ3n) is 5.22. The second-order valence-electron chi connectivity index (χ2n) is 7.22. The third kappa shape index (κ3) is 4.36. The number of benzene rings is 2. The van der Waals surface area contributed by atoms with Crippen molar-refractivity contribution in [3.63, 3.8) is 0 Å². The molecule has 2 aromatic carbocycles. The Kier molecular flexibility index (Phi) is 5.60. The minimum atomic E-state index is -4.03. The SMILES string of the molecule is COc1ccc(S(=O)(=O)NC(=O)c2cnc(N3CCc4ccccc4C3)nc2C)cc1. The van der Waals surface area contributed by atoms with Gasteiger partial charge in [-0.05, 0) is 48.7 Å². The van der Waals surface area contributed by atoms with Crippen LogP contribution in [-0.4, -0.2) is 37.9 Å². The highest BCUT2D eigenvalue weighted by molar-refractivity contribution is 7.90. The van der Waals surface area contributed by atoms with Crippen molar-refractivity contribution in [2.75, 3.05) is 18.6 Å². The molecule has 0 aliphatic carbocycles. The van der Waals surface area contributed by atoms with Gasteiger partial charge in [-0.25, -0.2) is 23.1 Å². The van der Waals surface area contributed by atoms with Crippen LogP contribution >= 0.6 is 0 Å². The smallest absolute Gasteiger partial charge is 0.268 e. The van der Waals surface area contributed by atoms with Crippen LogP contribution in [0, 0.1) is 6.92 Å². The van der Waals surface area contributed by atoms with Gasteiger partial charge in [-0.1, -0.05) is 24.3 Å². The van der Waals surface area contributed by atoms with E-state index in [2.05, 4.69) is 26.8 Å². The Labute approximate surface area is 181 Å². The van der Waals surface area contributed by atoms with Crippen molar-refractivity contribution in [3.05, 3.63) is 77.1 Å². The summed E-state index contributed by atoms with van der Waals surface area (Å²) in [5.74, 6) is 0.260. The summed E-state index contributed by atoms with van der Waals surface area (Å²) in [6.07, 6.45) is 2.26. The maximum Gasteiger partial charge on any atom is 0.268 e. The van der Waals surface area contributed by atoms with Crippen LogP contribution in [0.1, 0.15) is 27.2 Å². The lowest BCUT2D eigenvalue weighted by Crippen LogP contribution is -2.33. The van der Waals surface area contributed by atoms with Crippen molar-refractivity contribution < 1.29 is 17.9 Å². The fourth-order valence-electron chi connectivity index (χ4n) is 3.49. The molecule has 0 saturated carbocycles. The lowest BCUT2D eigenvalue weighted by molar-refractivity contribution is 0.0980. The molecular weight excluding hydrogens is 416 g/mol. The van der Waals surface area contributed by atoms with Crippen molar-refractivity contribution in [1.82, 2.24) is 14.7 Å². The Balaban J connectivity index is 1.50. The monoisotopic (exact) mass is 438 g/mol. The topological polar surface area (TPSA) is 101 Å². The minimum Gasteiger partial charge on any atom is -0.497 e. The van der Waals surface area contributed by atoms with E-state index in [1.807, 2.05) is 17.0 Å². The molecule has 3 aromatic rings. The number of amides is 1. The molecule has 1 aromatic heterocycles. The van der Waals surface area contributed by atoms with Gasteiger partial charge in [0, 0.05) is 19.3 Å². The van der Waals surface area contributed by atoms with Gasteiger partial charge in [0.1, 0.15) is 5.75 Å². The molecule has 2 heterocycles. The molecule has 0 radical (unpaired) electrons. The Morgan fingerprint density at radius 1 is 1.10 bits per heavy atom. The van der Waals surface area contributed by atoms with Crippen LogP contribution < -0.4 is 14.4 Å². The number of fused-ring (bicyclic) bond motifs is 1. The first kappa shape index (κ1) is 20.8. The normalized spacial score (nSPS) is 13.4. The van der Waals surface area contributed by atoms with Crippen LogP contribution in [0.4, 0.5) is 5.95 Å². The van der Waals surface area contributed by atoms with Crippen LogP contribution in [0.2, 0.25) is 0 Å². The first-order chi connectivity index (χ1) is 14.9. The molecule has 31 heavy (non-hydrogen) atoms. The number of aryl methyl sites for hydroxylation is 1. The van der Waals surface area contributed by atoms with Gasteiger partial charge in [0.2, 0.25) is 5.95 Å². The van der Waals surface area contributed by atoms with Gasteiger partial charge < -0.3 is 9.64 Å². The van der Waals surface area contributed by atoms with E-state index < -0.39 is 15.9 Å². The van der Waals surface area contributed by atoms with Gasteiger partial charge in [0.15, 0.2) is 0 Å². The van der Waals surface area contributed by atoms with Crippen LogP contribution in [-0.2, 0) is 23.0 Å². The number of hydrogen-bond acceptors (Lipinski definition) is 7. The fourth-order valence-corrected chi connectivity index (χ4v) is 4.45. The molecule has 0 atom stereocenters. The highest BCUT2D eigenvalue weighted by Crippen LogP contribution is 2.22. The summed E-state index contributed by atoms with van der Waals surface area (Å²) in [7, 11) is -2.55. The number of ether oxygens (including phenoxy) is 1. The Bertz CT molecular complexity index is 1230. The molecule has 0 saturated heterocycles. The minimum absolute atomic E-state index is 0.0381. The first-order valence-corrected chi connectivity index (χ1v) is 11.2. The Morgan fingerprint density at radius 2 is 1.81 bits per heavy atom. The molecule has 1 N–H and O–H groups in total. The molecule has 0 spiro atoms. The summed E-state index contributed by atoms with van der Waals surface area (Å²) >= 11 is 0. The first-order valence-electron chi connectivity index (χ1n) is 9.74. The predicted molar refractivity (Wildman–Crippen MR) is 116 cm³/mol. The number of carbonyl (C=O) groups is 1. The number of methoxy groups -OCH3 is 1. The lowest BCUT2D eigenvalue weighted by atomic mass is 10.0. The fraction of sp³-hybridized carbons (Fsp3) is 0.227. The highest BCUT2D eigenvalue weighted by Gasteiger charge is 2.23. The molecule has 1 aliphatic rings. The molecule has 160 valence electrons. The van der Waals surface area contributed by atoms with Crippen LogP contribution in [0.25, 0.3) is 0 Å². The summed E-state index contributed by atoms with van der Waals surface area (Å²) in [4.78, 5) is 23.4. The lowest BCUT2D eigenvalue weighted by Gasteiger charge is -2.29. The standard InChI is InChI=1S/C22H22N4O4S/c1-15-20(21(27)25-31(28,29)19-9-7-18(30-2)8-10-19)13-23-22(24-15)26-12-11-16-5-3-4-6-17(16)14-26/h3-10,13H,11-12,14H2,1-2H3,(H,25,27). The molecule has 0 bridgehead atoms. The largest absolute Gasteiger partial charge is 0.497 e. The molecule has 1 aliphatic heterocycles. The summed E-state index contributed by atoms with van der Waals surface area (Å²) in [5.41, 5.74) is 3.06. The highest BCUT2D eigenvalue weighted by atomic mass is 32.2. The summed E-state index contributed by atoms with van der Waals surface area (Å²) < 4.78 is 32.2. The number of anilines is 1. The number of nitrogens with one attached hydrogen (secondary N) is 1. The van der Waals surface area contributed by atoms with E-state index in [1.54, 1.807) is 6.92 Å². The number of carbonyl (C=O) groups excluding carboxylic acids is 1. The molecule has 4 rings (SSSR count). The van der Waals surface area contributed by atoms with E-state index in [-0.39, 0.29) is 10.5 Å². The molecule has 9 heteroatoms. The third-order valence-corrected chi connectivity index (χ3v) is 6.57. The Morgan fingerprint density at radius 3 is 2.48 bits per heavy atom. The Hall–Kier alpha value is -3.46. The number of sulfonamides is 1. The number of aromatic nitrogens is 2. The average Bonchev–Trinajstić information content (AvgIpc) is 2.78. The number of hydrogen-bond donors (Lipinski definition) is 1. The van der Waals surface area contributed by atoms with E-state index in [4.69, 9.17) is 4.74 Å². The second kappa shape index (κ2) is 8.35. The van der Waals surface area contributed by atoms with E-state index in [0.29, 0.717) is 23.9 Å². The summed E-state index contributed by atoms with van der Waals surface area (Å²) in [5, 5.41) is 0. The maximum atomic E-state index is 12.6. The van der Waals surface area contributed by atoms with E-state index in [1.165, 1.54) is 48.7 Å². The number of rotatable bonds is 5. The molecule has 0 fully saturated rings. The van der Waals surface area contributed by atoms with Gasteiger partial charge in [-0.2, -0.15) is 0 Å². The molecule has 0 unspecified atom stereocenters. The van der Waals surface area contributed by atoms with E-state index >= 15 is 0 Å². The molecule has 8 nitrogen and oxygen atoms in total. The average molecular weight is 439 g/mol. The maximum absolute atomic E-state index is 12.6. The van der Waals surface area contributed by atoms with Crippen molar-refractivity contribution in [2.24, 2.45) is 0 Å². The number of nitrogens with zero attached hydrogens (tertiary/aromatic N) is 3. The quantitative estimate of drug-likeness (QED) is 0.653. The van der Waals surface area contributed by atoms with Gasteiger partial charge in [0.05, 0.1) is 23.3 Å². The van der Waals surface area contributed by atoms with Crippen LogP contribution in [0.3, 0.4) is 0 Å². The summed E-state index contributed by atoms with van der Waals surface area (Å²) in [6, 6.07) is 14.0. The van der Waals surface area contributed by atoms with Gasteiger partial charge >= 0.3 is 0 Å².